The third-order valence-electron chi connectivity index (χ3n) is 6.41. The van der Waals surface area contributed by atoms with Crippen LogP contribution in [0.25, 0.3) is 10.2 Å². The third-order valence-corrected chi connectivity index (χ3v) is 7.34. The number of aliphatic hydroxyl groups excluding tert-OH is 2. The molecule has 2 aromatic rings. The lowest BCUT2D eigenvalue weighted by Crippen LogP contribution is -2.47. The number of rotatable bonds is 9. The predicted molar refractivity (Wildman–Crippen MR) is 141 cm³/mol. The molecule has 1 aromatic carbocycles. The van der Waals surface area contributed by atoms with Gasteiger partial charge in [-0.15, -0.1) is 0 Å². The van der Waals surface area contributed by atoms with Gasteiger partial charge < -0.3 is 15.1 Å². The first-order chi connectivity index (χ1) is 16.9. The van der Waals surface area contributed by atoms with Gasteiger partial charge in [0.1, 0.15) is 5.76 Å². The van der Waals surface area contributed by atoms with E-state index in [2.05, 4.69) is 24.8 Å². The van der Waals surface area contributed by atoms with Crippen molar-refractivity contribution in [1.82, 2.24) is 19.7 Å². The standard InChI is InChI=1S/C25H34N6O3S/c1-29(2)17-27-25-28-24-19(4-3-5-23(24)35-25)18-14-21(33)20(22(34)15-18)16-26-6-7-30-8-10-31(11-9-30)12-13-32/h3-5,16-18,32-33H,6-15H2,1-2H3. The molecule has 0 bridgehead atoms. The van der Waals surface area contributed by atoms with Crippen molar-refractivity contribution in [2.45, 2.75) is 18.8 Å². The normalized spacial score (nSPS) is 20.7. The van der Waals surface area contributed by atoms with Crippen molar-refractivity contribution in [2.75, 3.05) is 66.5 Å². The fourth-order valence-electron chi connectivity index (χ4n) is 4.52. The molecule has 2 N–H and O–H groups in total. The van der Waals surface area contributed by atoms with E-state index in [4.69, 9.17) is 5.11 Å². The largest absolute Gasteiger partial charge is 0.511 e. The lowest BCUT2D eigenvalue weighted by molar-refractivity contribution is -0.116. The van der Waals surface area contributed by atoms with Crippen molar-refractivity contribution in [3.8, 4) is 0 Å². The quantitative estimate of drug-likeness (QED) is 0.404. The summed E-state index contributed by atoms with van der Waals surface area (Å²) in [6, 6.07) is 5.98. The zero-order valence-corrected chi connectivity index (χ0v) is 21.2. The van der Waals surface area contributed by atoms with Gasteiger partial charge in [0.2, 0.25) is 5.13 Å². The SMILES string of the molecule is CN(C)C=Nc1nc2c(C3CC(=O)C(C=NCCN4CCN(CCO)CC4)=C(O)C3)cccc2s1. The predicted octanol–water partition coefficient (Wildman–Crippen LogP) is 2.46. The number of hydrogen-bond acceptors (Lipinski definition) is 9. The van der Waals surface area contributed by atoms with Crippen LogP contribution in [0.3, 0.4) is 0 Å². The fourth-order valence-corrected chi connectivity index (χ4v) is 5.36. The molecule has 2 heterocycles. The van der Waals surface area contributed by atoms with Crippen LogP contribution in [-0.4, -0.2) is 115 Å². The number of piperazine rings is 1. The second kappa shape index (κ2) is 11.9. The van der Waals surface area contributed by atoms with Crippen LogP contribution in [0.4, 0.5) is 5.13 Å². The summed E-state index contributed by atoms with van der Waals surface area (Å²) >= 11 is 1.51. The molecule has 1 aliphatic heterocycles. The Labute approximate surface area is 210 Å². The number of thiazole rings is 1. The van der Waals surface area contributed by atoms with E-state index < -0.39 is 0 Å². The fraction of sp³-hybridized carbons (Fsp3) is 0.520. The monoisotopic (exact) mass is 498 g/mol. The van der Waals surface area contributed by atoms with Gasteiger partial charge in [-0.1, -0.05) is 23.5 Å². The van der Waals surface area contributed by atoms with Gasteiger partial charge in [0, 0.05) is 78.3 Å². The molecule has 35 heavy (non-hydrogen) atoms. The summed E-state index contributed by atoms with van der Waals surface area (Å²) in [5.41, 5.74) is 2.15. The van der Waals surface area contributed by atoms with Gasteiger partial charge in [-0.05, 0) is 11.6 Å². The second-order valence-corrected chi connectivity index (χ2v) is 10.2. The molecule has 9 nitrogen and oxygen atoms in total. The summed E-state index contributed by atoms with van der Waals surface area (Å²) in [5.74, 6) is -0.102. The Balaban J connectivity index is 1.38. The molecule has 2 aliphatic rings. The highest BCUT2D eigenvalue weighted by atomic mass is 32.1. The minimum absolute atomic E-state index is 0.0850. The van der Waals surface area contributed by atoms with Crippen LogP contribution in [0.2, 0.25) is 0 Å². The molecule has 0 spiro atoms. The highest BCUT2D eigenvalue weighted by Gasteiger charge is 2.29. The Kier molecular flexibility index (Phi) is 8.61. The first-order valence-electron chi connectivity index (χ1n) is 12.1. The van der Waals surface area contributed by atoms with Crippen molar-refractivity contribution >= 4 is 45.0 Å². The lowest BCUT2D eigenvalue weighted by atomic mass is 9.82. The topological polar surface area (TPSA) is 105 Å². The number of aliphatic imine (C=N–C) groups is 2. The van der Waals surface area contributed by atoms with Gasteiger partial charge in [0.25, 0.3) is 0 Å². The first kappa shape index (κ1) is 25.4. The number of aromatic nitrogens is 1. The van der Waals surface area contributed by atoms with E-state index in [1.165, 1.54) is 11.3 Å². The Morgan fingerprint density at radius 3 is 2.60 bits per heavy atom. The molecular weight excluding hydrogens is 464 g/mol. The minimum atomic E-state index is -0.119. The Morgan fingerprint density at radius 1 is 1.17 bits per heavy atom. The number of fused-ring (bicyclic) bond motifs is 1. The molecule has 1 unspecified atom stereocenters. The van der Waals surface area contributed by atoms with E-state index in [9.17, 15) is 9.90 Å². The highest BCUT2D eigenvalue weighted by molar-refractivity contribution is 7.22. The molecule has 1 fully saturated rings. The Hall–Kier alpha value is -2.66. The van der Waals surface area contributed by atoms with Gasteiger partial charge in [0.15, 0.2) is 5.78 Å². The number of hydrogen-bond donors (Lipinski definition) is 2. The Bertz CT molecular complexity index is 1120. The van der Waals surface area contributed by atoms with E-state index in [0.29, 0.717) is 30.1 Å². The van der Waals surface area contributed by atoms with Gasteiger partial charge in [0.05, 0.1) is 35.3 Å². The highest BCUT2D eigenvalue weighted by Crippen LogP contribution is 2.39. The second-order valence-electron chi connectivity index (χ2n) is 9.23. The van der Waals surface area contributed by atoms with Gasteiger partial charge >= 0.3 is 0 Å². The van der Waals surface area contributed by atoms with Crippen LogP contribution in [-0.2, 0) is 4.79 Å². The molecular formula is C25H34N6O3S. The summed E-state index contributed by atoms with van der Waals surface area (Å²) < 4.78 is 1.02. The van der Waals surface area contributed by atoms with Gasteiger partial charge in [-0.3, -0.25) is 19.6 Å². The van der Waals surface area contributed by atoms with Crippen LogP contribution >= 0.6 is 11.3 Å². The van der Waals surface area contributed by atoms with Crippen molar-refractivity contribution < 1.29 is 15.0 Å². The Morgan fingerprint density at radius 2 is 1.91 bits per heavy atom. The van der Waals surface area contributed by atoms with Crippen LogP contribution in [0.15, 0.2) is 39.5 Å². The van der Waals surface area contributed by atoms with Gasteiger partial charge in [-0.25, -0.2) is 9.98 Å². The van der Waals surface area contributed by atoms with E-state index in [-0.39, 0.29) is 24.1 Å². The van der Waals surface area contributed by atoms with Crippen LogP contribution in [0.1, 0.15) is 24.3 Å². The van der Waals surface area contributed by atoms with Crippen molar-refractivity contribution in [2.24, 2.45) is 9.98 Å². The molecule has 1 aromatic heterocycles. The molecule has 1 atom stereocenters. The lowest BCUT2D eigenvalue weighted by Gasteiger charge is -2.33. The third kappa shape index (κ3) is 6.52. The smallest absolute Gasteiger partial charge is 0.211 e. The average molecular weight is 499 g/mol. The number of ketones is 1. The number of para-hydroxylation sites is 1. The summed E-state index contributed by atoms with van der Waals surface area (Å²) in [6.45, 7) is 6.13. The maximum Gasteiger partial charge on any atom is 0.211 e. The average Bonchev–Trinajstić information content (AvgIpc) is 3.26. The first-order valence-corrected chi connectivity index (χ1v) is 12.9. The molecule has 10 heteroatoms. The number of β-amino-alcohol motifs (C(OH)–C–C–N with tert-alkyl or cyclic N) is 1. The van der Waals surface area contributed by atoms with Crippen LogP contribution < -0.4 is 0 Å². The number of aliphatic hydroxyl groups is 2. The van der Waals surface area contributed by atoms with Crippen LogP contribution in [0.5, 0.6) is 0 Å². The number of carbonyl (C=O) groups is 1. The van der Waals surface area contributed by atoms with E-state index in [1.807, 2.05) is 37.2 Å². The van der Waals surface area contributed by atoms with Crippen molar-refractivity contribution in [3.63, 3.8) is 0 Å². The van der Waals surface area contributed by atoms with Gasteiger partial charge in [-0.2, -0.15) is 0 Å². The summed E-state index contributed by atoms with van der Waals surface area (Å²) in [5, 5.41) is 20.4. The summed E-state index contributed by atoms with van der Waals surface area (Å²) in [6.07, 6.45) is 3.99. The molecule has 4 rings (SSSR count). The van der Waals surface area contributed by atoms with Crippen molar-refractivity contribution in [1.29, 1.82) is 0 Å². The van der Waals surface area contributed by atoms with E-state index in [0.717, 1.165) is 55.0 Å². The number of Topliss-reactive ketones (excluding diaryl/α,β-unsaturated/α-hetero) is 1. The molecule has 188 valence electrons. The molecule has 0 saturated carbocycles. The summed E-state index contributed by atoms with van der Waals surface area (Å²) in [7, 11) is 3.82. The maximum atomic E-state index is 12.9. The zero-order valence-electron chi connectivity index (χ0n) is 20.4. The number of allylic oxidation sites excluding steroid dienone is 2. The molecule has 0 radical (unpaired) electrons. The van der Waals surface area contributed by atoms with E-state index >= 15 is 0 Å². The number of nitrogens with zero attached hydrogens (tertiary/aromatic N) is 6. The molecule has 1 aliphatic carbocycles. The van der Waals surface area contributed by atoms with Crippen LogP contribution in [0, 0.1) is 0 Å². The summed E-state index contributed by atoms with van der Waals surface area (Å²) in [4.78, 5) is 32.9. The zero-order chi connectivity index (χ0) is 24.8. The molecule has 0 amide bonds. The molecule has 1 saturated heterocycles. The maximum absolute atomic E-state index is 12.9. The number of carbonyl (C=O) groups excluding carboxylic acids is 1. The minimum Gasteiger partial charge on any atom is -0.511 e. The number of benzene rings is 1. The van der Waals surface area contributed by atoms with Crippen molar-refractivity contribution in [3.05, 3.63) is 35.1 Å². The van der Waals surface area contributed by atoms with E-state index in [1.54, 1.807) is 12.6 Å².